The van der Waals surface area contributed by atoms with Crippen LogP contribution in [0.5, 0.6) is 0 Å². The number of rotatable bonds is 11. The van der Waals surface area contributed by atoms with Gasteiger partial charge in [0.25, 0.3) is 0 Å². The van der Waals surface area contributed by atoms with Crippen molar-refractivity contribution >= 4 is 18.0 Å². The zero-order chi connectivity index (χ0) is 22.5. The Morgan fingerprint density at radius 2 is 1.58 bits per heavy atom. The number of benzene rings is 2. The van der Waals surface area contributed by atoms with E-state index in [1.54, 1.807) is 0 Å². The SMILES string of the molecule is COC(=O)[C@@H](CCc1ccccc1)NC(=O)C[C@@H](O)CNC(=O)OCc1ccccc1. The summed E-state index contributed by atoms with van der Waals surface area (Å²) >= 11 is 0. The van der Waals surface area contributed by atoms with E-state index < -0.39 is 30.1 Å². The molecule has 0 aliphatic heterocycles. The summed E-state index contributed by atoms with van der Waals surface area (Å²) in [5.74, 6) is -1.07. The van der Waals surface area contributed by atoms with E-state index in [9.17, 15) is 19.5 Å². The molecule has 0 aliphatic rings. The van der Waals surface area contributed by atoms with Gasteiger partial charge in [-0.15, -0.1) is 0 Å². The number of esters is 1. The molecular formula is C23H28N2O6. The zero-order valence-electron chi connectivity index (χ0n) is 17.5. The molecule has 0 aliphatic carbocycles. The number of nitrogens with one attached hydrogen (secondary N) is 2. The van der Waals surface area contributed by atoms with Crippen LogP contribution in [-0.4, -0.2) is 48.9 Å². The summed E-state index contributed by atoms with van der Waals surface area (Å²) in [6.45, 7) is -0.0561. The lowest BCUT2D eigenvalue weighted by Gasteiger charge is -2.18. The number of amides is 2. The first-order valence-corrected chi connectivity index (χ1v) is 10.0. The number of aliphatic hydroxyl groups is 1. The van der Waals surface area contributed by atoms with Gasteiger partial charge in [-0.2, -0.15) is 0 Å². The first-order valence-electron chi connectivity index (χ1n) is 10.0. The minimum atomic E-state index is -1.13. The van der Waals surface area contributed by atoms with Gasteiger partial charge in [0.2, 0.25) is 5.91 Å². The second-order valence-electron chi connectivity index (χ2n) is 6.97. The molecular weight excluding hydrogens is 400 g/mol. The van der Waals surface area contributed by atoms with Crippen LogP contribution in [0.3, 0.4) is 0 Å². The van der Waals surface area contributed by atoms with Crippen LogP contribution in [0.15, 0.2) is 60.7 Å². The Labute approximate surface area is 181 Å². The molecule has 0 unspecified atom stereocenters. The fourth-order valence-corrected chi connectivity index (χ4v) is 2.86. The number of ether oxygens (including phenoxy) is 2. The van der Waals surface area contributed by atoms with Gasteiger partial charge >= 0.3 is 12.1 Å². The smallest absolute Gasteiger partial charge is 0.407 e. The lowest BCUT2D eigenvalue weighted by molar-refractivity contribution is -0.145. The highest BCUT2D eigenvalue weighted by atomic mass is 16.5. The van der Waals surface area contributed by atoms with Crippen molar-refractivity contribution in [3.63, 3.8) is 0 Å². The van der Waals surface area contributed by atoms with Crippen LogP contribution in [0, 0.1) is 0 Å². The van der Waals surface area contributed by atoms with Crippen LogP contribution in [0.1, 0.15) is 24.0 Å². The van der Waals surface area contributed by atoms with Gasteiger partial charge in [-0.25, -0.2) is 9.59 Å². The molecule has 2 rings (SSSR count). The normalized spacial score (nSPS) is 12.3. The van der Waals surface area contributed by atoms with Crippen LogP contribution in [0.2, 0.25) is 0 Å². The predicted octanol–water partition coefficient (Wildman–Crippen LogP) is 1.95. The van der Waals surface area contributed by atoms with Gasteiger partial charge in [0.1, 0.15) is 12.6 Å². The van der Waals surface area contributed by atoms with Gasteiger partial charge in [0.15, 0.2) is 0 Å². The van der Waals surface area contributed by atoms with Crippen molar-refractivity contribution < 1.29 is 29.0 Å². The molecule has 0 saturated carbocycles. The topological polar surface area (TPSA) is 114 Å². The van der Waals surface area contributed by atoms with Crippen LogP contribution in [0.25, 0.3) is 0 Å². The highest BCUT2D eigenvalue weighted by Gasteiger charge is 2.22. The van der Waals surface area contributed by atoms with E-state index >= 15 is 0 Å². The van der Waals surface area contributed by atoms with E-state index in [-0.39, 0.29) is 19.6 Å². The number of alkyl carbamates (subject to hydrolysis) is 1. The number of carbonyl (C=O) groups excluding carboxylic acids is 3. The Balaban J connectivity index is 1.72. The molecule has 3 N–H and O–H groups in total. The molecule has 2 atom stereocenters. The monoisotopic (exact) mass is 428 g/mol. The van der Waals surface area contributed by atoms with E-state index in [1.165, 1.54) is 7.11 Å². The minimum absolute atomic E-state index is 0.103. The maximum absolute atomic E-state index is 12.2. The molecule has 0 fully saturated rings. The Hall–Kier alpha value is -3.39. The van der Waals surface area contributed by atoms with E-state index in [0.29, 0.717) is 12.8 Å². The van der Waals surface area contributed by atoms with Crippen LogP contribution >= 0.6 is 0 Å². The third-order valence-corrected chi connectivity index (χ3v) is 4.50. The number of methoxy groups -OCH3 is 1. The molecule has 8 nitrogen and oxygen atoms in total. The average Bonchev–Trinajstić information content (AvgIpc) is 2.79. The van der Waals surface area contributed by atoms with Gasteiger partial charge in [-0.3, -0.25) is 4.79 Å². The minimum Gasteiger partial charge on any atom is -0.467 e. The first-order chi connectivity index (χ1) is 15.0. The quantitative estimate of drug-likeness (QED) is 0.472. The molecule has 0 saturated heterocycles. The van der Waals surface area contributed by atoms with Crippen molar-refractivity contribution in [3.05, 3.63) is 71.8 Å². The van der Waals surface area contributed by atoms with E-state index in [0.717, 1.165) is 11.1 Å². The van der Waals surface area contributed by atoms with Gasteiger partial charge in [-0.05, 0) is 24.0 Å². The standard InChI is InChI=1S/C23H28N2O6/c1-30-22(28)20(13-12-17-8-4-2-5-9-17)25-21(27)14-19(26)15-24-23(29)31-16-18-10-6-3-7-11-18/h2-11,19-20,26H,12-16H2,1H3,(H,24,29)(H,25,27)/t19-,20-/m1/s1. The maximum Gasteiger partial charge on any atom is 0.407 e. The Morgan fingerprint density at radius 3 is 2.19 bits per heavy atom. The van der Waals surface area contributed by atoms with Crippen molar-refractivity contribution in [1.82, 2.24) is 10.6 Å². The fourth-order valence-electron chi connectivity index (χ4n) is 2.86. The second kappa shape index (κ2) is 13.0. The van der Waals surface area contributed by atoms with Gasteiger partial charge < -0.3 is 25.2 Å². The molecule has 0 radical (unpaired) electrons. The molecule has 166 valence electrons. The lowest BCUT2D eigenvalue weighted by atomic mass is 10.0. The van der Waals surface area contributed by atoms with Crippen molar-refractivity contribution in [2.45, 2.75) is 38.0 Å². The summed E-state index contributed by atoms with van der Waals surface area (Å²) in [6, 6.07) is 17.9. The molecule has 0 bridgehead atoms. The maximum atomic E-state index is 12.2. The van der Waals surface area contributed by atoms with Gasteiger partial charge in [0.05, 0.1) is 19.6 Å². The number of aliphatic hydroxyl groups excluding tert-OH is 1. The summed E-state index contributed by atoms with van der Waals surface area (Å²) in [4.78, 5) is 35.9. The summed E-state index contributed by atoms with van der Waals surface area (Å²) in [6.07, 6.45) is -1.16. The highest BCUT2D eigenvalue weighted by molar-refractivity contribution is 5.84. The summed E-state index contributed by atoms with van der Waals surface area (Å²) in [5, 5.41) is 15.0. The van der Waals surface area contributed by atoms with Crippen molar-refractivity contribution in [3.8, 4) is 0 Å². The molecule has 31 heavy (non-hydrogen) atoms. The summed E-state index contributed by atoms with van der Waals surface area (Å²) in [5.41, 5.74) is 1.87. The van der Waals surface area contributed by atoms with E-state index in [4.69, 9.17) is 9.47 Å². The molecule has 2 aromatic rings. The molecule has 0 heterocycles. The average molecular weight is 428 g/mol. The van der Waals surface area contributed by atoms with E-state index in [1.807, 2.05) is 60.7 Å². The summed E-state index contributed by atoms with van der Waals surface area (Å²) < 4.78 is 9.80. The number of aryl methyl sites for hydroxylation is 1. The van der Waals surface area contributed by atoms with Crippen LogP contribution in [-0.2, 0) is 32.1 Å². The first kappa shape index (κ1) is 23.9. The lowest BCUT2D eigenvalue weighted by Crippen LogP contribution is -2.44. The molecule has 2 amide bonds. The fraction of sp³-hybridized carbons (Fsp3) is 0.348. The largest absolute Gasteiger partial charge is 0.467 e. The Morgan fingerprint density at radius 1 is 0.968 bits per heavy atom. The third kappa shape index (κ3) is 9.31. The van der Waals surface area contributed by atoms with Crippen molar-refractivity contribution in [2.75, 3.05) is 13.7 Å². The molecule has 2 aromatic carbocycles. The Bertz CT molecular complexity index is 828. The molecule has 8 heteroatoms. The predicted molar refractivity (Wildman–Crippen MR) is 114 cm³/mol. The van der Waals surface area contributed by atoms with Crippen LogP contribution in [0.4, 0.5) is 4.79 Å². The van der Waals surface area contributed by atoms with Gasteiger partial charge in [-0.1, -0.05) is 60.7 Å². The third-order valence-electron chi connectivity index (χ3n) is 4.50. The highest BCUT2D eigenvalue weighted by Crippen LogP contribution is 2.07. The Kier molecular flexibility index (Phi) is 10.0. The van der Waals surface area contributed by atoms with Crippen LogP contribution < -0.4 is 10.6 Å². The van der Waals surface area contributed by atoms with Crippen molar-refractivity contribution in [1.29, 1.82) is 0 Å². The zero-order valence-corrected chi connectivity index (χ0v) is 17.5. The second-order valence-corrected chi connectivity index (χ2v) is 6.97. The van der Waals surface area contributed by atoms with Gasteiger partial charge in [0, 0.05) is 6.54 Å². The molecule has 0 aromatic heterocycles. The van der Waals surface area contributed by atoms with E-state index in [2.05, 4.69) is 10.6 Å². The summed E-state index contributed by atoms with van der Waals surface area (Å²) in [7, 11) is 1.25. The molecule has 0 spiro atoms. The number of carbonyl (C=O) groups is 3. The number of hydrogen-bond donors (Lipinski definition) is 3. The number of hydrogen-bond acceptors (Lipinski definition) is 6. The van der Waals surface area contributed by atoms with Crippen molar-refractivity contribution in [2.24, 2.45) is 0 Å².